The lowest BCUT2D eigenvalue weighted by atomic mass is 10.2. The van der Waals surface area contributed by atoms with Crippen LogP contribution in [0, 0.1) is 6.92 Å². The molecule has 8 nitrogen and oxygen atoms in total. The van der Waals surface area contributed by atoms with E-state index in [0.29, 0.717) is 17.3 Å². The number of carbonyl (C=O) groups is 1. The molecule has 0 fully saturated rings. The molecule has 1 amide bonds. The molecule has 8 heteroatoms. The molecule has 134 valence electrons. The van der Waals surface area contributed by atoms with E-state index in [1.165, 1.54) is 6.26 Å². The lowest BCUT2D eigenvalue weighted by Gasteiger charge is -2.10. The molecule has 0 atom stereocenters. The molecule has 4 aromatic rings. The minimum Gasteiger partial charge on any atom is -0.459 e. The van der Waals surface area contributed by atoms with Crippen molar-refractivity contribution in [2.24, 2.45) is 0 Å². The molecule has 1 aromatic carbocycles. The van der Waals surface area contributed by atoms with Gasteiger partial charge in [-0.15, -0.1) is 0 Å². The van der Waals surface area contributed by atoms with Gasteiger partial charge in [-0.1, -0.05) is 0 Å². The Morgan fingerprint density at radius 3 is 2.63 bits per heavy atom. The van der Waals surface area contributed by atoms with E-state index in [4.69, 9.17) is 4.42 Å². The third kappa shape index (κ3) is 3.84. The lowest BCUT2D eigenvalue weighted by Crippen LogP contribution is -2.10. The van der Waals surface area contributed by atoms with E-state index < -0.39 is 0 Å². The molecule has 3 heterocycles. The van der Waals surface area contributed by atoms with Crippen molar-refractivity contribution < 1.29 is 9.21 Å². The molecular weight excluding hydrogens is 344 g/mol. The van der Waals surface area contributed by atoms with Gasteiger partial charge < -0.3 is 15.1 Å². The minimum absolute atomic E-state index is 0.265. The number of hydrogen-bond acceptors (Lipinski definition) is 6. The molecule has 0 unspecified atom stereocenters. The van der Waals surface area contributed by atoms with E-state index in [9.17, 15) is 4.79 Å². The topological polar surface area (TPSA) is 97.9 Å². The number of hydrogen-bond donors (Lipinski definition) is 2. The Labute approximate surface area is 154 Å². The molecule has 27 heavy (non-hydrogen) atoms. The molecule has 0 aliphatic rings. The summed E-state index contributed by atoms with van der Waals surface area (Å²) in [7, 11) is 0. The first-order valence-corrected chi connectivity index (χ1v) is 8.23. The number of anilines is 3. The van der Waals surface area contributed by atoms with Gasteiger partial charge >= 0.3 is 0 Å². The van der Waals surface area contributed by atoms with Gasteiger partial charge in [0.1, 0.15) is 23.8 Å². The highest BCUT2D eigenvalue weighted by Gasteiger charge is 2.09. The third-order valence-electron chi connectivity index (χ3n) is 3.75. The fourth-order valence-electron chi connectivity index (χ4n) is 2.53. The summed E-state index contributed by atoms with van der Waals surface area (Å²) in [5, 5.41) is 6.01. The predicted octanol–water partition coefficient (Wildman–Crippen LogP) is 3.56. The number of nitrogens with one attached hydrogen (secondary N) is 2. The number of rotatable bonds is 5. The average Bonchev–Trinajstić information content (AvgIpc) is 3.37. The number of imidazole rings is 1. The lowest BCUT2D eigenvalue weighted by molar-refractivity contribution is 0.0996. The first-order valence-electron chi connectivity index (χ1n) is 8.23. The van der Waals surface area contributed by atoms with Crippen LogP contribution in [0.3, 0.4) is 0 Å². The smallest absolute Gasteiger partial charge is 0.291 e. The Morgan fingerprint density at radius 1 is 1.11 bits per heavy atom. The van der Waals surface area contributed by atoms with Crippen LogP contribution in [-0.2, 0) is 0 Å². The molecule has 3 aromatic heterocycles. The summed E-state index contributed by atoms with van der Waals surface area (Å²) in [5.74, 6) is 2.01. The van der Waals surface area contributed by atoms with Crippen LogP contribution >= 0.6 is 0 Å². The number of nitrogens with zero attached hydrogens (tertiary/aromatic N) is 4. The Kier molecular flexibility index (Phi) is 4.36. The first-order chi connectivity index (χ1) is 13.2. The van der Waals surface area contributed by atoms with Crippen LogP contribution in [0.25, 0.3) is 5.82 Å². The summed E-state index contributed by atoms with van der Waals surface area (Å²) in [6, 6.07) is 12.4. The zero-order valence-electron chi connectivity index (χ0n) is 14.5. The van der Waals surface area contributed by atoms with Crippen LogP contribution in [0.1, 0.15) is 16.4 Å². The van der Waals surface area contributed by atoms with Crippen LogP contribution in [-0.4, -0.2) is 25.4 Å². The third-order valence-corrected chi connectivity index (χ3v) is 3.75. The first kappa shape index (κ1) is 16.5. The molecule has 0 spiro atoms. The van der Waals surface area contributed by atoms with E-state index in [0.717, 1.165) is 11.5 Å². The van der Waals surface area contributed by atoms with Crippen LogP contribution in [0.15, 0.2) is 71.9 Å². The molecule has 0 saturated carbocycles. The summed E-state index contributed by atoms with van der Waals surface area (Å²) in [6.45, 7) is 1.83. The van der Waals surface area contributed by atoms with Crippen molar-refractivity contribution in [3.05, 3.63) is 79.0 Å². The minimum atomic E-state index is -0.294. The van der Waals surface area contributed by atoms with Gasteiger partial charge in [-0.25, -0.2) is 15.0 Å². The maximum Gasteiger partial charge on any atom is 0.291 e. The molecule has 4 rings (SSSR count). The van der Waals surface area contributed by atoms with E-state index in [-0.39, 0.29) is 11.7 Å². The van der Waals surface area contributed by atoms with Crippen LogP contribution < -0.4 is 10.6 Å². The number of amides is 1. The average molecular weight is 360 g/mol. The molecule has 0 saturated heterocycles. The van der Waals surface area contributed by atoms with Gasteiger partial charge in [0, 0.05) is 29.8 Å². The van der Waals surface area contributed by atoms with Gasteiger partial charge in [0.05, 0.1) is 6.26 Å². The molecule has 0 aliphatic carbocycles. The monoisotopic (exact) mass is 360 g/mol. The van der Waals surface area contributed by atoms with Gasteiger partial charge in [0.2, 0.25) is 0 Å². The van der Waals surface area contributed by atoms with Gasteiger partial charge in [0.15, 0.2) is 5.76 Å². The summed E-state index contributed by atoms with van der Waals surface area (Å²) in [6.07, 6.45) is 6.66. The van der Waals surface area contributed by atoms with Crippen molar-refractivity contribution in [1.82, 2.24) is 19.5 Å². The summed E-state index contributed by atoms with van der Waals surface area (Å²) in [4.78, 5) is 24.8. The second-order valence-electron chi connectivity index (χ2n) is 5.76. The quantitative estimate of drug-likeness (QED) is 0.565. The van der Waals surface area contributed by atoms with Crippen molar-refractivity contribution in [3.63, 3.8) is 0 Å². The van der Waals surface area contributed by atoms with Crippen LogP contribution in [0.2, 0.25) is 0 Å². The van der Waals surface area contributed by atoms with E-state index in [1.54, 1.807) is 36.8 Å². The Hall–Kier alpha value is -3.94. The number of benzene rings is 1. The van der Waals surface area contributed by atoms with Crippen molar-refractivity contribution in [3.8, 4) is 5.82 Å². The number of aromatic nitrogens is 4. The molecule has 2 N–H and O–H groups in total. The second kappa shape index (κ2) is 7.12. The highest BCUT2D eigenvalue weighted by Crippen LogP contribution is 2.20. The molecular formula is C19H16N6O2. The zero-order chi connectivity index (χ0) is 18.6. The van der Waals surface area contributed by atoms with Crippen molar-refractivity contribution >= 4 is 23.1 Å². The molecule has 0 bridgehead atoms. The highest BCUT2D eigenvalue weighted by molar-refractivity contribution is 6.02. The summed E-state index contributed by atoms with van der Waals surface area (Å²) >= 11 is 0. The van der Waals surface area contributed by atoms with E-state index in [1.807, 2.05) is 35.9 Å². The summed E-state index contributed by atoms with van der Waals surface area (Å²) < 4.78 is 6.89. The van der Waals surface area contributed by atoms with Crippen LogP contribution in [0.5, 0.6) is 0 Å². The predicted molar refractivity (Wildman–Crippen MR) is 100 cm³/mol. The maximum absolute atomic E-state index is 12.0. The van der Waals surface area contributed by atoms with Crippen molar-refractivity contribution in [2.45, 2.75) is 6.92 Å². The van der Waals surface area contributed by atoms with Gasteiger partial charge in [0.25, 0.3) is 5.91 Å². The van der Waals surface area contributed by atoms with Crippen molar-refractivity contribution in [2.75, 3.05) is 10.6 Å². The number of aryl methyl sites for hydroxylation is 1. The van der Waals surface area contributed by atoms with E-state index >= 15 is 0 Å². The standard InChI is InChI=1S/C19H16N6O2/c1-13-21-17(11-18(22-13)25-9-8-20-12-25)23-14-4-6-15(7-5-14)24-19(26)16-3-2-10-27-16/h2-12H,1H3,(H,24,26)(H,21,22,23). The molecule has 0 radical (unpaired) electrons. The van der Waals surface area contributed by atoms with Gasteiger partial charge in [-0.2, -0.15) is 0 Å². The fraction of sp³-hybridized carbons (Fsp3) is 0.0526. The zero-order valence-corrected chi connectivity index (χ0v) is 14.5. The van der Waals surface area contributed by atoms with Crippen molar-refractivity contribution in [1.29, 1.82) is 0 Å². The van der Waals surface area contributed by atoms with Crippen LogP contribution in [0.4, 0.5) is 17.2 Å². The van der Waals surface area contributed by atoms with Gasteiger partial charge in [-0.3, -0.25) is 9.36 Å². The summed E-state index contributed by atoms with van der Waals surface area (Å²) in [5.41, 5.74) is 1.50. The Morgan fingerprint density at radius 2 is 1.93 bits per heavy atom. The molecule has 0 aliphatic heterocycles. The van der Waals surface area contributed by atoms with Gasteiger partial charge in [-0.05, 0) is 43.3 Å². The fourth-order valence-corrected chi connectivity index (χ4v) is 2.53. The SMILES string of the molecule is Cc1nc(Nc2ccc(NC(=O)c3ccco3)cc2)cc(-n2ccnc2)n1. The Bertz CT molecular complexity index is 1040. The normalized spacial score (nSPS) is 10.6. The number of furan rings is 1. The largest absolute Gasteiger partial charge is 0.459 e. The van der Waals surface area contributed by atoms with E-state index in [2.05, 4.69) is 25.6 Å². The maximum atomic E-state index is 12.0. The number of carbonyl (C=O) groups excluding carboxylic acids is 1. The second-order valence-corrected chi connectivity index (χ2v) is 5.76. The highest BCUT2D eigenvalue weighted by atomic mass is 16.3. The Balaban J connectivity index is 1.48.